The predicted octanol–water partition coefficient (Wildman–Crippen LogP) is 3.64. The molecule has 9 heteroatoms. The molecule has 0 unspecified atom stereocenters. The average Bonchev–Trinajstić information content (AvgIpc) is 2.75. The first-order valence-electron chi connectivity index (χ1n) is 8.50. The number of hydrogen-bond donors (Lipinski definition) is 2. The molecule has 0 bridgehead atoms. The molecular formula is C20H19FN4O4. The summed E-state index contributed by atoms with van der Waals surface area (Å²) in [7, 11) is 4.47. The first-order chi connectivity index (χ1) is 14.0. The van der Waals surface area contributed by atoms with Crippen LogP contribution in [0.4, 0.5) is 21.6 Å². The summed E-state index contributed by atoms with van der Waals surface area (Å²) < 4.78 is 28.8. The van der Waals surface area contributed by atoms with Gasteiger partial charge < -0.3 is 24.8 Å². The van der Waals surface area contributed by atoms with E-state index >= 15 is 0 Å². The van der Waals surface area contributed by atoms with Gasteiger partial charge >= 0.3 is 0 Å². The van der Waals surface area contributed by atoms with Crippen LogP contribution in [0.25, 0.3) is 0 Å². The fourth-order valence-electron chi connectivity index (χ4n) is 2.54. The van der Waals surface area contributed by atoms with Crippen LogP contribution in [0.1, 0.15) is 10.5 Å². The molecule has 0 saturated carbocycles. The molecule has 0 fully saturated rings. The summed E-state index contributed by atoms with van der Waals surface area (Å²) in [6.45, 7) is 0. The summed E-state index contributed by atoms with van der Waals surface area (Å²) in [5.41, 5.74) is 1.21. The number of anilines is 3. The molecule has 0 spiro atoms. The van der Waals surface area contributed by atoms with Crippen LogP contribution in [0, 0.1) is 5.82 Å². The van der Waals surface area contributed by atoms with Crippen molar-refractivity contribution in [1.82, 2.24) is 9.97 Å². The molecule has 150 valence electrons. The van der Waals surface area contributed by atoms with Gasteiger partial charge in [-0.1, -0.05) is 0 Å². The number of nitrogens with one attached hydrogen (secondary N) is 2. The molecule has 3 rings (SSSR count). The summed E-state index contributed by atoms with van der Waals surface area (Å²) in [4.78, 5) is 20.8. The largest absolute Gasteiger partial charge is 0.493 e. The number of rotatable bonds is 7. The van der Waals surface area contributed by atoms with Crippen molar-refractivity contribution < 1.29 is 23.4 Å². The summed E-state index contributed by atoms with van der Waals surface area (Å²) in [6.07, 6.45) is 2.74. The van der Waals surface area contributed by atoms with Crippen molar-refractivity contribution in [2.24, 2.45) is 0 Å². The average molecular weight is 398 g/mol. The monoisotopic (exact) mass is 398 g/mol. The van der Waals surface area contributed by atoms with E-state index in [9.17, 15) is 9.18 Å². The van der Waals surface area contributed by atoms with E-state index in [4.69, 9.17) is 14.2 Å². The normalized spacial score (nSPS) is 10.2. The molecule has 0 aliphatic rings. The number of methoxy groups -OCH3 is 3. The molecule has 29 heavy (non-hydrogen) atoms. The highest BCUT2D eigenvalue weighted by atomic mass is 19.1. The fraction of sp³-hybridized carbons (Fsp3) is 0.150. The summed E-state index contributed by atoms with van der Waals surface area (Å²) in [5, 5.41) is 5.69. The molecule has 0 aliphatic carbocycles. The molecule has 0 saturated heterocycles. The maximum atomic E-state index is 13.0. The van der Waals surface area contributed by atoms with Crippen LogP contribution in [0.15, 0.2) is 48.8 Å². The number of carbonyl (C=O) groups excluding carboxylic acids is 1. The van der Waals surface area contributed by atoms with Gasteiger partial charge in [-0.2, -0.15) is 0 Å². The first kappa shape index (κ1) is 19.9. The van der Waals surface area contributed by atoms with Crippen molar-refractivity contribution in [2.45, 2.75) is 0 Å². The molecule has 3 aromatic rings. The van der Waals surface area contributed by atoms with E-state index in [-0.39, 0.29) is 11.5 Å². The van der Waals surface area contributed by atoms with Crippen LogP contribution < -0.4 is 24.8 Å². The molecule has 2 N–H and O–H groups in total. The molecule has 8 nitrogen and oxygen atoms in total. The Balaban J connectivity index is 1.73. The number of benzene rings is 2. The van der Waals surface area contributed by atoms with Crippen LogP contribution in [0.3, 0.4) is 0 Å². The fourth-order valence-corrected chi connectivity index (χ4v) is 2.54. The maximum absolute atomic E-state index is 13.0. The Labute approximate surface area is 166 Å². The van der Waals surface area contributed by atoms with E-state index in [1.165, 1.54) is 45.9 Å². The first-order valence-corrected chi connectivity index (χ1v) is 8.50. The van der Waals surface area contributed by atoms with Crippen molar-refractivity contribution in [3.05, 3.63) is 60.3 Å². The number of halogens is 1. The number of hydrogen-bond acceptors (Lipinski definition) is 7. The van der Waals surface area contributed by atoms with Gasteiger partial charge in [-0.3, -0.25) is 4.79 Å². The smallest absolute Gasteiger partial charge is 0.275 e. The highest BCUT2D eigenvalue weighted by Crippen LogP contribution is 2.40. The molecule has 0 atom stereocenters. The van der Waals surface area contributed by atoms with E-state index in [0.717, 1.165) is 0 Å². The third kappa shape index (κ3) is 4.70. The summed E-state index contributed by atoms with van der Waals surface area (Å²) in [5.74, 6) is 0.865. The van der Waals surface area contributed by atoms with E-state index in [2.05, 4.69) is 20.6 Å². The van der Waals surface area contributed by atoms with Gasteiger partial charge in [0.2, 0.25) is 5.75 Å². The molecule has 1 amide bonds. The van der Waals surface area contributed by atoms with Crippen LogP contribution in [0.5, 0.6) is 17.2 Å². The van der Waals surface area contributed by atoms with Crippen LogP contribution >= 0.6 is 0 Å². The lowest BCUT2D eigenvalue weighted by Gasteiger charge is -2.14. The van der Waals surface area contributed by atoms with Crippen molar-refractivity contribution in [3.63, 3.8) is 0 Å². The minimum Gasteiger partial charge on any atom is -0.493 e. The topological polar surface area (TPSA) is 94.6 Å². The highest BCUT2D eigenvalue weighted by Gasteiger charge is 2.16. The van der Waals surface area contributed by atoms with Gasteiger partial charge in [-0.05, 0) is 24.3 Å². The Morgan fingerprint density at radius 1 is 0.897 bits per heavy atom. The summed E-state index contributed by atoms with van der Waals surface area (Å²) >= 11 is 0. The molecule has 0 radical (unpaired) electrons. The third-order valence-corrected chi connectivity index (χ3v) is 3.92. The second-order valence-electron chi connectivity index (χ2n) is 5.79. The SMILES string of the molecule is COc1cc(NC(=O)c2cnc(Nc3ccc(F)cc3)cn2)cc(OC)c1OC. The van der Waals surface area contributed by atoms with E-state index in [0.29, 0.717) is 34.4 Å². The zero-order valence-corrected chi connectivity index (χ0v) is 16.0. The number of aromatic nitrogens is 2. The Kier molecular flexibility index (Phi) is 6.08. The molecule has 0 aliphatic heterocycles. The number of ether oxygens (including phenoxy) is 3. The zero-order valence-electron chi connectivity index (χ0n) is 16.0. The lowest BCUT2D eigenvalue weighted by molar-refractivity contribution is 0.102. The van der Waals surface area contributed by atoms with E-state index in [1.807, 2.05) is 0 Å². The lowest BCUT2D eigenvalue weighted by atomic mass is 10.2. The molecular weight excluding hydrogens is 379 g/mol. The Bertz CT molecular complexity index is 969. The van der Waals surface area contributed by atoms with Crippen LogP contribution in [0.2, 0.25) is 0 Å². The van der Waals surface area contributed by atoms with Gasteiger partial charge in [0.25, 0.3) is 5.91 Å². The quantitative estimate of drug-likeness (QED) is 0.627. The highest BCUT2D eigenvalue weighted by molar-refractivity contribution is 6.03. The van der Waals surface area contributed by atoms with Gasteiger partial charge in [0.15, 0.2) is 11.5 Å². The van der Waals surface area contributed by atoms with Gasteiger partial charge in [-0.25, -0.2) is 14.4 Å². The van der Waals surface area contributed by atoms with Crippen molar-refractivity contribution >= 4 is 23.1 Å². The van der Waals surface area contributed by atoms with E-state index in [1.54, 1.807) is 24.3 Å². The maximum Gasteiger partial charge on any atom is 0.275 e. The van der Waals surface area contributed by atoms with Crippen molar-refractivity contribution in [3.8, 4) is 17.2 Å². The van der Waals surface area contributed by atoms with E-state index < -0.39 is 5.91 Å². The minimum atomic E-state index is -0.458. The van der Waals surface area contributed by atoms with Gasteiger partial charge in [-0.15, -0.1) is 0 Å². The van der Waals surface area contributed by atoms with Crippen molar-refractivity contribution in [1.29, 1.82) is 0 Å². The Morgan fingerprint density at radius 2 is 1.55 bits per heavy atom. The van der Waals surface area contributed by atoms with Crippen LogP contribution in [-0.2, 0) is 0 Å². The third-order valence-electron chi connectivity index (χ3n) is 3.92. The predicted molar refractivity (Wildman–Crippen MR) is 106 cm³/mol. The van der Waals surface area contributed by atoms with Crippen LogP contribution in [-0.4, -0.2) is 37.2 Å². The Hall–Kier alpha value is -3.88. The standard InChI is InChI=1S/C20H19FN4O4/c1-27-16-8-14(9-17(28-2)19(16)29-3)25-20(26)15-10-23-18(11-22-15)24-13-6-4-12(21)5-7-13/h4-11H,1-3H3,(H,23,24)(H,25,26). The number of amides is 1. The second-order valence-corrected chi connectivity index (χ2v) is 5.79. The second kappa shape index (κ2) is 8.87. The molecule has 2 aromatic carbocycles. The number of nitrogens with zero attached hydrogens (tertiary/aromatic N) is 2. The zero-order chi connectivity index (χ0) is 20.8. The minimum absolute atomic E-state index is 0.114. The molecule has 1 aromatic heterocycles. The van der Waals surface area contributed by atoms with Gasteiger partial charge in [0, 0.05) is 23.5 Å². The van der Waals surface area contributed by atoms with Crippen molar-refractivity contribution in [2.75, 3.05) is 32.0 Å². The summed E-state index contributed by atoms with van der Waals surface area (Å²) in [6, 6.07) is 9.02. The lowest BCUT2D eigenvalue weighted by Crippen LogP contribution is -2.14. The molecule has 1 heterocycles. The van der Waals surface area contributed by atoms with Gasteiger partial charge in [0.1, 0.15) is 17.3 Å². The Morgan fingerprint density at radius 3 is 2.07 bits per heavy atom. The van der Waals surface area contributed by atoms with Gasteiger partial charge in [0.05, 0.1) is 33.7 Å². The number of carbonyl (C=O) groups is 1.